The number of nitrogens with one attached hydrogen (secondary N) is 1. The molecule has 1 aliphatic carbocycles. The van der Waals surface area contributed by atoms with E-state index < -0.39 is 6.04 Å². The van der Waals surface area contributed by atoms with E-state index in [1.165, 1.54) is 0 Å². The Balaban J connectivity index is 1.80. The first kappa shape index (κ1) is 22.4. The summed E-state index contributed by atoms with van der Waals surface area (Å²) in [6.07, 6.45) is 5.21. The summed E-state index contributed by atoms with van der Waals surface area (Å²) in [6.45, 7) is 4.38. The topological polar surface area (TPSA) is 49.4 Å². The molecule has 3 rings (SSSR count). The monoisotopic (exact) mass is 426 g/mol. The van der Waals surface area contributed by atoms with Gasteiger partial charge in [-0.25, -0.2) is 0 Å². The Morgan fingerprint density at radius 3 is 2.23 bits per heavy atom. The van der Waals surface area contributed by atoms with Crippen molar-refractivity contribution in [1.29, 1.82) is 0 Å². The molecular formula is C25H31ClN2O2. The third-order valence-corrected chi connectivity index (χ3v) is 6.08. The number of amides is 2. The van der Waals surface area contributed by atoms with Crippen LogP contribution < -0.4 is 5.32 Å². The molecule has 0 unspecified atom stereocenters. The average molecular weight is 427 g/mol. The predicted octanol–water partition coefficient (Wildman–Crippen LogP) is 5.06. The lowest BCUT2D eigenvalue weighted by Crippen LogP contribution is -2.51. The molecule has 0 heterocycles. The fourth-order valence-corrected chi connectivity index (χ4v) is 4.18. The van der Waals surface area contributed by atoms with Gasteiger partial charge in [-0.15, -0.1) is 0 Å². The normalized spacial score (nSPS) is 15.0. The van der Waals surface area contributed by atoms with Gasteiger partial charge in [-0.2, -0.15) is 0 Å². The zero-order chi connectivity index (χ0) is 21.5. The second-order valence-corrected chi connectivity index (χ2v) is 8.66. The summed E-state index contributed by atoms with van der Waals surface area (Å²) < 4.78 is 0. The smallest absolute Gasteiger partial charge is 0.243 e. The average Bonchev–Trinajstić information content (AvgIpc) is 3.24. The quantitative estimate of drug-likeness (QED) is 0.641. The van der Waals surface area contributed by atoms with Crippen molar-refractivity contribution in [2.24, 2.45) is 0 Å². The molecule has 4 nitrogen and oxygen atoms in total. The van der Waals surface area contributed by atoms with Gasteiger partial charge in [0.2, 0.25) is 11.8 Å². The fourth-order valence-electron chi connectivity index (χ4n) is 4.06. The highest BCUT2D eigenvalue weighted by atomic mass is 35.5. The molecule has 30 heavy (non-hydrogen) atoms. The van der Waals surface area contributed by atoms with Gasteiger partial charge in [0, 0.05) is 17.6 Å². The Kier molecular flexibility index (Phi) is 7.92. The lowest BCUT2D eigenvalue weighted by Gasteiger charge is -2.31. The van der Waals surface area contributed by atoms with E-state index in [0.717, 1.165) is 42.4 Å². The number of benzene rings is 2. The summed E-state index contributed by atoms with van der Waals surface area (Å²) in [5.41, 5.74) is 3.08. The minimum absolute atomic E-state index is 0.0396. The second kappa shape index (κ2) is 10.6. The molecule has 2 amide bonds. The zero-order valence-electron chi connectivity index (χ0n) is 17.9. The molecule has 2 aromatic rings. The lowest BCUT2D eigenvalue weighted by molar-refractivity contribution is -0.141. The molecule has 0 spiro atoms. The predicted molar refractivity (Wildman–Crippen MR) is 121 cm³/mol. The zero-order valence-corrected chi connectivity index (χ0v) is 18.6. The minimum Gasteiger partial charge on any atom is -0.352 e. The van der Waals surface area contributed by atoms with Crippen LogP contribution in [0, 0.1) is 6.92 Å². The summed E-state index contributed by atoms with van der Waals surface area (Å²) >= 11 is 6.02. The van der Waals surface area contributed by atoms with Crippen molar-refractivity contribution in [3.8, 4) is 0 Å². The Bertz CT molecular complexity index is 842. The van der Waals surface area contributed by atoms with Gasteiger partial charge in [0.1, 0.15) is 6.04 Å². The van der Waals surface area contributed by atoms with Crippen molar-refractivity contribution in [3.63, 3.8) is 0 Å². The molecule has 160 valence electrons. The molecule has 0 aliphatic heterocycles. The van der Waals surface area contributed by atoms with Crippen LogP contribution in [0.2, 0.25) is 5.02 Å². The minimum atomic E-state index is -0.487. The molecule has 1 aliphatic rings. The van der Waals surface area contributed by atoms with Gasteiger partial charge >= 0.3 is 0 Å². The van der Waals surface area contributed by atoms with Crippen molar-refractivity contribution in [3.05, 3.63) is 70.2 Å². The first-order valence-electron chi connectivity index (χ1n) is 10.9. The van der Waals surface area contributed by atoms with Crippen molar-refractivity contribution < 1.29 is 9.59 Å². The molecule has 5 heteroatoms. The maximum Gasteiger partial charge on any atom is 0.243 e. The van der Waals surface area contributed by atoms with Gasteiger partial charge in [0.25, 0.3) is 0 Å². The molecule has 1 saturated carbocycles. The second-order valence-electron chi connectivity index (χ2n) is 8.22. The first-order valence-corrected chi connectivity index (χ1v) is 11.2. The molecule has 0 saturated heterocycles. The van der Waals surface area contributed by atoms with E-state index in [1.54, 1.807) is 4.90 Å². The van der Waals surface area contributed by atoms with Gasteiger partial charge < -0.3 is 10.2 Å². The Morgan fingerprint density at radius 1 is 1.03 bits per heavy atom. The Morgan fingerprint density at radius 2 is 1.63 bits per heavy atom. The van der Waals surface area contributed by atoms with Crippen molar-refractivity contribution in [1.82, 2.24) is 10.2 Å². The van der Waals surface area contributed by atoms with E-state index in [9.17, 15) is 9.59 Å². The number of hydrogen-bond donors (Lipinski definition) is 1. The van der Waals surface area contributed by atoms with E-state index >= 15 is 0 Å². The highest BCUT2D eigenvalue weighted by Gasteiger charge is 2.30. The van der Waals surface area contributed by atoms with Gasteiger partial charge in [-0.1, -0.05) is 73.3 Å². The van der Waals surface area contributed by atoms with Crippen LogP contribution in [0.5, 0.6) is 0 Å². The number of carbonyl (C=O) groups is 2. The van der Waals surface area contributed by atoms with E-state index in [0.29, 0.717) is 18.0 Å². The van der Waals surface area contributed by atoms with Crippen molar-refractivity contribution >= 4 is 23.4 Å². The van der Waals surface area contributed by atoms with Gasteiger partial charge in [-0.05, 0) is 49.4 Å². The summed E-state index contributed by atoms with van der Waals surface area (Å²) in [6, 6.07) is 15.2. The molecular weight excluding hydrogens is 396 g/mol. The summed E-state index contributed by atoms with van der Waals surface area (Å²) in [5, 5.41) is 3.83. The van der Waals surface area contributed by atoms with Gasteiger partial charge in [0.15, 0.2) is 0 Å². The van der Waals surface area contributed by atoms with Crippen LogP contribution in [0.3, 0.4) is 0 Å². The number of aryl methyl sites for hydroxylation is 1. The number of rotatable bonds is 8. The lowest BCUT2D eigenvalue weighted by atomic mass is 10.1. The molecule has 0 bridgehead atoms. The SMILES string of the molecule is CC[C@H](C(=O)NC1CCCC1)N(Cc1ccc(Cl)cc1)C(=O)Cc1ccc(C)cc1. The van der Waals surface area contributed by atoms with Gasteiger partial charge in [-0.3, -0.25) is 9.59 Å². The van der Waals surface area contributed by atoms with Crippen molar-refractivity contribution in [2.75, 3.05) is 0 Å². The summed E-state index contributed by atoms with van der Waals surface area (Å²) in [7, 11) is 0. The molecule has 1 atom stereocenters. The molecule has 0 aromatic heterocycles. The van der Waals surface area contributed by atoms with Crippen LogP contribution in [-0.2, 0) is 22.6 Å². The van der Waals surface area contributed by atoms with E-state index in [-0.39, 0.29) is 24.3 Å². The molecule has 2 aromatic carbocycles. The molecule has 1 fully saturated rings. The van der Waals surface area contributed by atoms with E-state index in [4.69, 9.17) is 11.6 Å². The molecule has 1 N–H and O–H groups in total. The van der Waals surface area contributed by atoms with Crippen LogP contribution in [0.1, 0.15) is 55.7 Å². The highest BCUT2D eigenvalue weighted by molar-refractivity contribution is 6.30. The number of carbonyl (C=O) groups excluding carboxylic acids is 2. The van der Waals surface area contributed by atoms with E-state index in [1.807, 2.05) is 62.4 Å². The Hall–Kier alpha value is -2.33. The molecule has 0 radical (unpaired) electrons. The number of hydrogen-bond acceptors (Lipinski definition) is 2. The third-order valence-electron chi connectivity index (χ3n) is 5.83. The van der Waals surface area contributed by atoms with Crippen LogP contribution in [0.4, 0.5) is 0 Å². The Labute approximate surface area is 184 Å². The highest BCUT2D eigenvalue weighted by Crippen LogP contribution is 2.20. The third kappa shape index (κ3) is 6.09. The number of nitrogens with zero attached hydrogens (tertiary/aromatic N) is 1. The van der Waals surface area contributed by atoms with Crippen LogP contribution in [0.15, 0.2) is 48.5 Å². The largest absolute Gasteiger partial charge is 0.352 e. The van der Waals surface area contributed by atoms with Crippen LogP contribution in [0.25, 0.3) is 0 Å². The van der Waals surface area contributed by atoms with Gasteiger partial charge in [0.05, 0.1) is 6.42 Å². The van der Waals surface area contributed by atoms with E-state index in [2.05, 4.69) is 5.32 Å². The first-order chi connectivity index (χ1) is 14.5. The summed E-state index contributed by atoms with van der Waals surface area (Å²) in [4.78, 5) is 28.2. The van der Waals surface area contributed by atoms with Crippen LogP contribution in [-0.4, -0.2) is 28.8 Å². The summed E-state index contributed by atoms with van der Waals surface area (Å²) in [5.74, 6) is -0.0853. The van der Waals surface area contributed by atoms with Crippen molar-refractivity contribution in [2.45, 2.75) is 71.0 Å². The standard InChI is InChI=1S/C25H31ClN2O2/c1-3-23(25(30)27-22-6-4-5-7-22)28(17-20-12-14-21(26)15-13-20)24(29)16-19-10-8-18(2)9-11-19/h8-15,22-23H,3-7,16-17H2,1-2H3,(H,27,30)/t23-/m1/s1. The number of halogens is 1. The fraction of sp³-hybridized carbons (Fsp3) is 0.440. The maximum absolute atomic E-state index is 13.3. The maximum atomic E-state index is 13.3. The van der Waals surface area contributed by atoms with Crippen LogP contribution >= 0.6 is 11.6 Å².